The molecule has 1 aliphatic heterocycles. The molecular formula is C13H18N2O3S. The summed E-state index contributed by atoms with van der Waals surface area (Å²) in [6.45, 7) is 1.91. The third-order valence-electron chi connectivity index (χ3n) is 3.42. The summed E-state index contributed by atoms with van der Waals surface area (Å²) in [5.74, 6) is 1.43. The normalized spacial score (nSPS) is 23.0. The fourth-order valence-corrected chi connectivity index (χ4v) is 3.60. The number of aryl methyl sites for hydroxylation is 1. The second kappa shape index (κ2) is 6.14. The van der Waals surface area contributed by atoms with E-state index in [1.165, 1.54) is 0 Å². The largest absolute Gasteiger partial charge is 0.382 e. The molecule has 0 spiro atoms. The van der Waals surface area contributed by atoms with Gasteiger partial charge in [-0.25, -0.2) is 0 Å². The molecule has 0 aromatic heterocycles. The van der Waals surface area contributed by atoms with Crippen LogP contribution < -0.4 is 5.32 Å². The van der Waals surface area contributed by atoms with E-state index in [0.29, 0.717) is 17.9 Å². The Hall–Kier alpha value is -1.43. The van der Waals surface area contributed by atoms with Crippen molar-refractivity contribution in [3.05, 3.63) is 33.9 Å². The summed E-state index contributed by atoms with van der Waals surface area (Å²) < 4.78 is 11.3. The Morgan fingerprint density at radius 1 is 1.42 bits per heavy atom. The molecule has 0 unspecified atom stereocenters. The number of benzene rings is 1. The van der Waals surface area contributed by atoms with Gasteiger partial charge in [-0.15, -0.1) is 0 Å². The van der Waals surface area contributed by atoms with Crippen LogP contribution in [0.15, 0.2) is 18.2 Å². The molecule has 1 aromatic carbocycles. The number of nitro benzene ring substituents is 1. The monoisotopic (exact) mass is 282 g/mol. The van der Waals surface area contributed by atoms with Crippen LogP contribution in [-0.2, 0) is 17.2 Å². The van der Waals surface area contributed by atoms with Crippen LogP contribution in [0, 0.1) is 10.1 Å². The molecular weight excluding hydrogens is 264 g/mol. The minimum atomic E-state index is -0.684. The molecule has 0 saturated carbocycles. The number of hydrogen-bond donors (Lipinski definition) is 1. The maximum Gasteiger partial charge on any atom is 0.274 e. The summed E-state index contributed by atoms with van der Waals surface area (Å²) in [6, 6.07) is 5.56. The molecule has 0 amide bonds. The maximum atomic E-state index is 11.3. The van der Waals surface area contributed by atoms with Crippen molar-refractivity contribution in [1.29, 1.82) is 0 Å². The molecule has 1 aromatic rings. The highest BCUT2D eigenvalue weighted by atomic mass is 32.2. The Labute approximate surface area is 115 Å². The topological polar surface area (TPSA) is 72.2 Å². The lowest BCUT2D eigenvalue weighted by molar-refractivity contribution is -0.385. The Kier molecular flexibility index (Phi) is 4.52. The van der Waals surface area contributed by atoms with Gasteiger partial charge in [-0.05, 0) is 25.3 Å². The van der Waals surface area contributed by atoms with Crippen LogP contribution in [0.2, 0.25) is 0 Å². The highest BCUT2D eigenvalue weighted by Gasteiger charge is 2.19. The first kappa shape index (κ1) is 14.0. The number of hydrogen-bond acceptors (Lipinski definition) is 4. The minimum absolute atomic E-state index is 0.173. The van der Waals surface area contributed by atoms with E-state index in [1.54, 1.807) is 12.1 Å². The molecule has 0 atom stereocenters. The predicted octanol–water partition coefficient (Wildman–Crippen LogP) is 2.48. The molecule has 0 radical (unpaired) electrons. The van der Waals surface area contributed by atoms with E-state index in [2.05, 4.69) is 5.32 Å². The lowest BCUT2D eigenvalue weighted by Gasteiger charge is -2.23. The fourth-order valence-electron chi connectivity index (χ4n) is 2.30. The van der Waals surface area contributed by atoms with Crippen molar-refractivity contribution in [2.24, 2.45) is 0 Å². The highest BCUT2D eigenvalue weighted by molar-refractivity contribution is 7.85. The summed E-state index contributed by atoms with van der Waals surface area (Å²) in [6.07, 6.45) is 2.37. The van der Waals surface area contributed by atoms with E-state index in [4.69, 9.17) is 0 Å². The molecule has 1 fully saturated rings. The van der Waals surface area contributed by atoms with Gasteiger partial charge in [0.2, 0.25) is 0 Å². The van der Waals surface area contributed by atoms with Crippen LogP contribution in [-0.4, -0.2) is 26.7 Å². The first-order valence-corrected chi connectivity index (χ1v) is 7.97. The smallest absolute Gasteiger partial charge is 0.274 e. The molecule has 19 heavy (non-hydrogen) atoms. The number of nitrogens with zero attached hydrogens (tertiary/aromatic N) is 1. The zero-order valence-corrected chi connectivity index (χ0v) is 11.7. The van der Waals surface area contributed by atoms with Crippen LogP contribution in [0.3, 0.4) is 0 Å². The number of nitrogens with one attached hydrogen (secondary N) is 1. The Morgan fingerprint density at radius 3 is 2.68 bits per heavy atom. The first-order chi connectivity index (χ1) is 9.10. The molecule has 2 rings (SSSR count). The zero-order valence-electron chi connectivity index (χ0n) is 10.9. The van der Waals surface area contributed by atoms with Gasteiger partial charge >= 0.3 is 0 Å². The maximum absolute atomic E-state index is 11.3. The van der Waals surface area contributed by atoms with E-state index < -0.39 is 10.8 Å². The third-order valence-corrected chi connectivity index (χ3v) is 4.80. The Bertz CT molecular complexity index is 495. The van der Waals surface area contributed by atoms with Crippen molar-refractivity contribution in [1.82, 2.24) is 0 Å². The second-order valence-corrected chi connectivity index (χ2v) is 6.42. The number of anilines is 1. The van der Waals surface area contributed by atoms with Crippen molar-refractivity contribution in [3.63, 3.8) is 0 Å². The van der Waals surface area contributed by atoms with Crippen molar-refractivity contribution >= 4 is 22.2 Å². The molecule has 5 nitrogen and oxygen atoms in total. The van der Waals surface area contributed by atoms with Gasteiger partial charge < -0.3 is 5.32 Å². The average molecular weight is 282 g/mol. The molecule has 1 saturated heterocycles. The number of nitro groups is 1. The van der Waals surface area contributed by atoms with Gasteiger partial charge in [-0.2, -0.15) is 0 Å². The molecule has 1 N–H and O–H groups in total. The van der Waals surface area contributed by atoms with E-state index in [9.17, 15) is 14.3 Å². The standard InChI is InChI=1S/C13H18N2O3S/c1-2-10-3-4-12(9-13(10)15(16)17)14-11-5-7-19(18)8-6-11/h3-4,9,11,14H,2,5-8H2,1H3. The highest BCUT2D eigenvalue weighted by Crippen LogP contribution is 2.25. The van der Waals surface area contributed by atoms with E-state index in [-0.39, 0.29) is 16.7 Å². The lowest BCUT2D eigenvalue weighted by atomic mass is 10.1. The Balaban J connectivity index is 2.10. The summed E-state index contributed by atoms with van der Waals surface area (Å²) >= 11 is 0. The van der Waals surface area contributed by atoms with Crippen molar-refractivity contribution < 1.29 is 9.13 Å². The quantitative estimate of drug-likeness (QED) is 0.680. The Morgan fingerprint density at radius 2 is 2.11 bits per heavy atom. The van der Waals surface area contributed by atoms with Gasteiger partial charge in [0.1, 0.15) is 0 Å². The molecule has 0 bridgehead atoms. The van der Waals surface area contributed by atoms with Gasteiger partial charge in [0.25, 0.3) is 5.69 Å². The van der Waals surface area contributed by atoms with Gasteiger partial charge in [-0.3, -0.25) is 14.3 Å². The average Bonchev–Trinajstić information content (AvgIpc) is 2.41. The van der Waals surface area contributed by atoms with Crippen LogP contribution in [0.4, 0.5) is 11.4 Å². The van der Waals surface area contributed by atoms with Gasteiger partial charge in [-0.1, -0.05) is 13.0 Å². The van der Waals surface area contributed by atoms with Crippen LogP contribution >= 0.6 is 0 Å². The van der Waals surface area contributed by atoms with E-state index in [1.807, 2.05) is 13.0 Å². The molecule has 104 valence electrons. The summed E-state index contributed by atoms with van der Waals surface area (Å²) in [5, 5.41) is 14.3. The van der Waals surface area contributed by atoms with Gasteiger partial charge in [0, 0.05) is 45.7 Å². The SMILES string of the molecule is CCc1ccc(NC2CCS(=O)CC2)cc1[N+](=O)[O-]. The summed E-state index contributed by atoms with van der Waals surface area (Å²) in [4.78, 5) is 10.7. The lowest BCUT2D eigenvalue weighted by Crippen LogP contribution is -2.29. The van der Waals surface area contributed by atoms with Crippen molar-refractivity contribution in [3.8, 4) is 0 Å². The summed E-state index contributed by atoms with van der Waals surface area (Å²) in [7, 11) is -0.684. The second-order valence-electron chi connectivity index (χ2n) is 4.72. The number of rotatable bonds is 4. The van der Waals surface area contributed by atoms with Crippen LogP contribution in [0.5, 0.6) is 0 Å². The first-order valence-electron chi connectivity index (χ1n) is 6.49. The van der Waals surface area contributed by atoms with E-state index >= 15 is 0 Å². The molecule has 6 heteroatoms. The van der Waals surface area contributed by atoms with Crippen LogP contribution in [0.1, 0.15) is 25.3 Å². The molecule has 1 aliphatic rings. The predicted molar refractivity (Wildman–Crippen MR) is 77.0 cm³/mol. The van der Waals surface area contributed by atoms with Gasteiger partial charge in [0.05, 0.1) is 4.92 Å². The van der Waals surface area contributed by atoms with Crippen molar-refractivity contribution in [2.45, 2.75) is 32.2 Å². The third kappa shape index (κ3) is 3.53. The minimum Gasteiger partial charge on any atom is -0.382 e. The molecule has 0 aliphatic carbocycles. The summed E-state index contributed by atoms with van der Waals surface area (Å²) in [5.41, 5.74) is 1.70. The van der Waals surface area contributed by atoms with Gasteiger partial charge in [0.15, 0.2) is 0 Å². The fraction of sp³-hybridized carbons (Fsp3) is 0.538. The molecule has 1 heterocycles. The van der Waals surface area contributed by atoms with Crippen molar-refractivity contribution in [2.75, 3.05) is 16.8 Å². The van der Waals surface area contributed by atoms with Crippen LogP contribution in [0.25, 0.3) is 0 Å². The van der Waals surface area contributed by atoms with E-state index in [0.717, 1.165) is 24.1 Å². The zero-order chi connectivity index (χ0) is 13.8.